The first-order valence-electron chi connectivity index (χ1n) is 9.84. The first kappa shape index (κ1) is 22.3. The van der Waals surface area contributed by atoms with E-state index in [9.17, 15) is 9.59 Å². The first-order valence-corrected chi connectivity index (χ1v) is 9.84. The van der Waals surface area contributed by atoms with Crippen LogP contribution in [-0.4, -0.2) is 38.2 Å². The molecular formula is C23H29NO5. The molecule has 2 aromatic carbocycles. The largest absolute Gasteiger partial charge is 0.490 e. The molecular weight excluding hydrogens is 370 g/mol. The van der Waals surface area contributed by atoms with Crippen molar-refractivity contribution < 1.29 is 23.8 Å². The molecule has 0 heterocycles. The molecule has 0 spiro atoms. The third-order valence-electron chi connectivity index (χ3n) is 4.42. The van der Waals surface area contributed by atoms with Gasteiger partial charge in [0, 0.05) is 6.54 Å². The number of hydrogen-bond acceptors (Lipinski definition) is 5. The lowest BCUT2D eigenvalue weighted by Crippen LogP contribution is -2.30. The number of ether oxygens (including phenoxy) is 3. The van der Waals surface area contributed by atoms with Crippen molar-refractivity contribution in [3.63, 3.8) is 0 Å². The van der Waals surface area contributed by atoms with Crippen molar-refractivity contribution in [2.75, 3.05) is 26.4 Å². The fraction of sp³-hybridized carbons (Fsp3) is 0.391. The zero-order chi connectivity index (χ0) is 21.2. The minimum Gasteiger partial charge on any atom is -0.490 e. The molecule has 0 saturated carbocycles. The van der Waals surface area contributed by atoms with Gasteiger partial charge in [-0.3, -0.25) is 4.79 Å². The van der Waals surface area contributed by atoms with Gasteiger partial charge in [0.1, 0.15) is 0 Å². The highest BCUT2D eigenvalue weighted by molar-refractivity contribution is 5.91. The molecule has 2 rings (SSSR count). The lowest BCUT2D eigenvalue weighted by Gasteiger charge is -2.12. The Bertz CT molecular complexity index is 847. The number of nitrogens with one attached hydrogen (secondary N) is 1. The van der Waals surface area contributed by atoms with Crippen molar-refractivity contribution in [1.29, 1.82) is 0 Å². The number of benzene rings is 2. The summed E-state index contributed by atoms with van der Waals surface area (Å²) in [6.45, 7) is 8.98. The van der Waals surface area contributed by atoms with Gasteiger partial charge >= 0.3 is 5.97 Å². The Morgan fingerprint density at radius 1 is 0.897 bits per heavy atom. The van der Waals surface area contributed by atoms with Gasteiger partial charge < -0.3 is 19.5 Å². The van der Waals surface area contributed by atoms with E-state index in [1.807, 2.05) is 52.0 Å². The van der Waals surface area contributed by atoms with Crippen LogP contribution in [0, 0.1) is 13.8 Å². The van der Waals surface area contributed by atoms with Gasteiger partial charge in [-0.2, -0.15) is 0 Å². The summed E-state index contributed by atoms with van der Waals surface area (Å²) in [5, 5.41) is 2.76. The average molecular weight is 399 g/mol. The van der Waals surface area contributed by atoms with Crippen LogP contribution in [0.25, 0.3) is 0 Å². The Morgan fingerprint density at radius 3 is 2.31 bits per heavy atom. The van der Waals surface area contributed by atoms with E-state index in [4.69, 9.17) is 14.2 Å². The van der Waals surface area contributed by atoms with Gasteiger partial charge in [0.05, 0.1) is 18.8 Å². The zero-order valence-electron chi connectivity index (χ0n) is 17.5. The Kier molecular flexibility index (Phi) is 8.52. The van der Waals surface area contributed by atoms with E-state index >= 15 is 0 Å². The molecule has 6 heteroatoms. The highest BCUT2D eigenvalue weighted by Gasteiger charge is 2.11. The van der Waals surface area contributed by atoms with Crippen molar-refractivity contribution in [1.82, 2.24) is 5.32 Å². The lowest BCUT2D eigenvalue weighted by molar-refractivity contribution is -0.124. The Labute approximate surface area is 172 Å². The van der Waals surface area contributed by atoms with Gasteiger partial charge in [0.2, 0.25) is 0 Å². The molecule has 1 amide bonds. The van der Waals surface area contributed by atoms with Crippen LogP contribution < -0.4 is 14.8 Å². The summed E-state index contributed by atoms with van der Waals surface area (Å²) in [6.07, 6.45) is 0.628. The van der Waals surface area contributed by atoms with Crippen LogP contribution in [0.5, 0.6) is 11.5 Å². The predicted octanol–water partition coefficient (Wildman–Crippen LogP) is 3.62. The van der Waals surface area contributed by atoms with Crippen LogP contribution in [0.4, 0.5) is 0 Å². The summed E-state index contributed by atoms with van der Waals surface area (Å²) in [5.41, 5.74) is 3.56. The molecule has 0 radical (unpaired) electrons. The van der Waals surface area contributed by atoms with Crippen molar-refractivity contribution in [3.05, 3.63) is 58.7 Å². The second-order valence-corrected chi connectivity index (χ2v) is 6.62. The van der Waals surface area contributed by atoms with Crippen LogP contribution in [0.15, 0.2) is 36.4 Å². The standard InChI is InChI=1S/C23H29NO5/c1-5-27-20-10-8-18(14-21(20)28-6-2)11-12-24-22(25)15-29-23(26)19-9-7-16(3)17(4)13-19/h7-10,13-14H,5-6,11-12,15H2,1-4H3,(H,24,25). The normalized spacial score (nSPS) is 10.3. The van der Waals surface area contributed by atoms with Crippen LogP contribution in [0.2, 0.25) is 0 Å². The predicted molar refractivity (Wildman–Crippen MR) is 112 cm³/mol. The maximum absolute atomic E-state index is 12.1. The molecule has 0 bridgehead atoms. The highest BCUT2D eigenvalue weighted by Crippen LogP contribution is 2.28. The second-order valence-electron chi connectivity index (χ2n) is 6.62. The number of esters is 1. The SMILES string of the molecule is CCOc1ccc(CCNC(=O)COC(=O)c2ccc(C)c(C)c2)cc1OCC. The van der Waals surface area contributed by atoms with E-state index in [1.165, 1.54) is 0 Å². The fourth-order valence-electron chi connectivity index (χ4n) is 2.73. The van der Waals surface area contributed by atoms with Crippen LogP contribution >= 0.6 is 0 Å². The topological polar surface area (TPSA) is 73.9 Å². The van der Waals surface area contributed by atoms with E-state index in [-0.39, 0.29) is 12.5 Å². The molecule has 29 heavy (non-hydrogen) atoms. The summed E-state index contributed by atoms with van der Waals surface area (Å²) in [5.74, 6) is 0.565. The molecule has 0 saturated heterocycles. The number of rotatable bonds is 10. The van der Waals surface area contributed by atoms with Gasteiger partial charge in [0.15, 0.2) is 18.1 Å². The maximum Gasteiger partial charge on any atom is 0.338 e. The maximum atomic E-state index is 12.1. The van der Waals surface area contributed by atoms with E-state index in [0.29, 0.717) is 43.2 Å². The summed E-state index contributed by atoms with van der Waals surface area (Å²) in [7, 11) is 0. The number of carbonyl (C=O) groups excluding carboxylic acids is 2. The fourth-order valence-corrected chi connectivity index (χ4v) is 2.73. The Morgan fingerprint density at radius 2 is 1.62 bits per heavy atom. The summed E-state index contributed by atoms with van der Waals surface area (Å²) >= 11 is 0. The zero-order valence-corrected chi connectivity index (χ0v) is 17.5. The third-order valence-corrected chi connectivity index (χ3v) is 4.42. The summed E-state index contributed by atoms with van der Waals surface area (Å²) in [4.78, 5) is 24.0. The van der Waals surface area contributed by atoms with Crippen molar-refractivity contribution in [3.8, 4) is 11.5 Å². The van der Waals surface area contributed by atoms with Crippen LogP contribution in [-0.2, 0) is 16.0 Å². The van der Waals surface area contributed by atoms with Gasteiger partial charge in [-0.25, -0.2) is 4.79 Å². The van der Waals surface area contributed by atoms with Crippen LogP contribution in [0.3, 0.4) is 0 Å². The average Bonchev–Trinajstić information content (AvgIpc) is 2.70. The van der Waals surface area contributed by atoms with E-state index in [0.717, 1.165) is 16.7 Å². The molecule has 0 fully saturated rings. The van der Waals surface area contributed by atoms with Gasteiger partial charge in [-0.1, -0.05) is 12.1 Å². The number of carbonyl (C=O) groups is 2. The van der Waals surface area contributed by atoms with Crippen LogP contribution in [0.1, 0.15) is 40.9 Å². The number of hydrogen-bond donors (Lipinski definition) is 1. The van der Waals surface area contributed by atoms with Crippen molar-refractivity contribution in [2.45, 2.75) is 34.1 Å². The van der Waals surface area contributed by atoms with Gasteiger partial charge in [-0.05, 0) is 75.1 Å². The number of aryl methyl sites for hydroxylation is 2. The third kappa shape index (κ3) is 6.82. The van der Waals surface area contributed by atoms with Crippen molar-refractivity contribution in [2.24, 2.45) is 0 Å². The summed E-state index contributed by atoms with van der Waals surface area (Å²) in [6, 6.07) is 11.1. The molecule has 2 aromatic rings. The molecule has 6 nitrogen and oxygen atoms in total. The molecule has 0 aliphatic rings. The van der Waals surface area contributed by atoms with Gasteiger partial charge in [0.25, 0.3) is 5.91 Å². The van der Waals surface area contributed by atoms with Crippen molar-refractivity contribution >= 4 is 11.9 Å². The van der Waals surface area contributed by atoms with E-state index in [1.54, 1.807) is 12.1 Å². The summed E-state index contributed by atoms with van der Waals surface area (Å²) < 4.78 is 16.3. The molecule has 0 unspecified atom stereocenters. The highest BCUT2D eigenvalue weighted by atomic mass is 16.5. The molecule has 1 N–H and O–H groups in total. The lowest BCUT2D eigenvalue weighted by atomic mass is 10.1. The first-order chi connectivity index (χ1) is 13.9. The molecule has 0 atom stereocenters. The minimum absolute atomic E-state index is 0.306. The van der Waals surface area contributed by atoms with E-state index < -0.39 is 5.97 Å². The number of amides is 1. The molecule has 0 aliphatic carbocycles. The Hall–Kier alpha value is -3.02. The molecule has 0 aliphatic heterocycles. The Balaban J connectivity index is 1.79. The second kappa shape index (κ2) is 11.1. The molecule has 0 aromatic heterocycles. The smallest absolute Gasteiger partial charge is 0.338 e. The molecule has 156 valence electrons. The van der Waals surface area contributed by atoms with E-state index in [2.05, 4.69) is 5.32 Å². The van der Waals surface area contributed by atoms with Gasteiger partial charge in [-0.15, -0.1) is 0 Å². The minimum atomic E-state index is -0.504. The monoisotopic (exact) mass is 399 g/mol. The quantitative estimate of drug-likeness (QED) is 0.618.